The molecule has 0 atom stereocenters. The molecule has 3 nitrogen and oxygen atoms in total. The molecule has 0 spiro atoms. The molecule has 0 aromatic carbocycles. The van der Waals surface area contributed by atoms with Gasteiger partial charge in [0.1, 0.15) is 0 Å². The summed E-state index contributed by atoms with van der Waals surface area (Å²) in [5.41, 5.74) is 0. The van der Waals surface area contributed by atoms with Gasteiger partial charge in [0, 0.05) is 25.7 Å². The standard InChI is InChI=1S/C14H29N3S/c1-12(2)6-9-16-7-5-8-17(11-10-16)14(18)15-13(3)4/h12-13H,5-11H2,1-4H3,(H,15,18). The molecule has 1 saturated heterocycles. The zero-order chi connectivity index (χ0) is 13.5. The average molecular weight is 271 g/mol. The molecule has 1 aliphatic rings. The molecule has 1 N–H and O–H groups in total. The van der Waals surface area contributed by atoms with E-state index in [1.165, 1.54) is 25.9 Å². The highest BCUT2D eigenvalue weighted by Gasteiger charge is 2.17. The Morgan fingerprint density at radius 3 is 2.44 bits per heavy atom. The Labute approximate surface area is 118 Å². The minimum atomic E-state index is 0.429. The first-order valence-electron chi connectivity index (χ1n) is 7.27. The van der Waals surface area contributed by atoms with E-state index in [-0.39, 0.29) is 0 Å². The molecule has 1 heterocycles. The van der Waals surface area contributed by atoms with Crippen LogP contribution >= 0.6 is 12.2 Å². The van der Waals surface area contributed by atoms with Crippen LogP contribution in [0.3, 0.4) is 0 Å². The number of thiocarbonyl (C=S) groups is 1. The molecule has 0 radical (unpaired) electrons. The van der Waals surface area contributed by atoms with Crippen LogP contribution in [0, 0.1) is 5.92 Å². The summed E-state index contributed by atoms with van der Waals surface area (Å²) in [5, 5.41) is 4.27. The quantitative estimate of drug-likeness (QED) is 0.791. The number of hydrogen-bond acceptors (Lipinski definition) is 2. The maximum Gasteiger partial charge on any atom is 0.169 e. The molecule has 0 amide bonds. The first-order chi connectivity index (χ1) is 8.49. The molecule has 18 heavy (non-hydrogen) atoms. The highest BCUT2D eigenvalue weighted by molar-refractivity contribution is 7.80. The van der Waals surface area contributed by atoms with Crippen LogP contribution < -0.4 is 5.32 Å². The Hall–Kier alpha value is -0.350. The van der Waals surface area contributed by atoms with Crippen LogP contribution in [0.5, 0.6) is 0 Å². The van der Waals surface area contributed by atoms with Crippen LogP contribution in [-0.4, -0.2) is 53.7 Å². The monoisotopic (exact) mass is 271 g/mol. The number of rotatable bonds is 4. The molecule has 1 aliphatic heterocycles. The minimum Gasteiger partial charge on any atom is -0.360 e. The van der Waals surface area contributed by atoms with E-state index in [1.54, 1.807) is 0 Å². The highest BCUT2D eigenvalue weighted by atomic mass is 32.1. The van der Waals surface area contributed by atoms with Crippen molar-refractivity contribution in [2.24, 2.45) is 5.92 Å². The van der Waals surface area contributed by atoms with E-state index in [2.05, 4.69) is 42.8 Å². The van der Waals surface area contributed by atoms with Crippen LogP contribution in [0.2, 0.25) is 0 Å². The Morgan fingerprint density at radius 1 is 1.11 bits per heavy atom. The normalized spacial score (nSPS) is 18.2. The average Bonchev–Trinajstić information content (AvgIpc) is 2.50. The molecule has 0 aromatic rings. The lowest BCUT2D eigenvalue weighted by atomic mass is 10.1. The molecule has 4 heteroatoms. The van der Waals surface area contributed by atoms with Gasteiger partial charge in [0.05, 0.1) is 0 Å². The summed E-state index contributed by atoms with van der Waals surface area (Å²) in [6, 6.07) is 0.429. The third-order valence-corrected chi connectivity index (χ3v) is 3.69. The van der Waals surface area contributed by atoms with Crippen molar-refractivity contribution >= 4 is 17.3 Å². The van der Waals surface area contributed by atoms with Crippen molar-refractivity contribution in [2.75, 3.05) is 32.7 Å². The molecule has 0 aromatic heterocycles. The zero-order valence-electron chi connectivity index (χ0n) is 12.4. The van der Waals surface area contributed by atoms with E-state index in [9.17, 15) is 0 Å². The predicted molar refractivity (Wildman–Crippen MR) is 83.0 cm³/mol. The summed E-state index contributed by atoms with van der Waals surface area (Å²) < 4.78 is 0. The number of nitrogens with one attached hydrogen (secondary N) is 1. The highest BCUT2D eigenvalue weighted by Crippen LogP contribution is 2.07. The maximum atomic E-state index is 5.45. The molecule has 1 rings (SSSR count). The van der Waals surface area contributed by atoms with Crippen LogP contribution in [-0.2, 0) is 0 Å². The first-order valence-corrected chi connectivity index (χ1v) is 7.67. The lowest BCUT2D eigenvalue weighted by Gasteiger charge is -2.26. The van der Waals surface area contributed by atoms with Crippen molar-refractivity contribution in [1.82, 2.24) is 15.1 Å². The third kappa shape index (κ3) is 6.01. The molecule has 0 saturated carbocycles. The van der Waals surface area contributed by atoms with Crippen LogP contribution in [0.4, 0.5) is 0 Å². The third-order valence-electron chi connectivity index (χ3n) is 3.31. The van der Waals surface area contributed by atoms with Crippen molar-refractivity contribution in [3.63, 3.8) is 0 Å². The summed E-state index contributed by atoms with van der Waals surface area (Å²) in [6.45, 7) is 14.6. The lowest BCUT2D eigenvalue weighted by Crippen LogP contribution is -2.44. The fourth-order valence-corrected chi connectivity index (χ4v) is 2.59. The van der Waals surface area contributed by atoms with E-state index in [4.69, 9.17) is 12.2 Å². The molecular weight excluding hydrogens is 242 g/mol. The van der Waals surface area contributed by atoms with Gasteiger partial charge in [-0.2, -0.15) is 0 Å². The van der Waals surface area contributed by atoms with Gasteiger partial charge in [0.25, 0.3) is 0 Å². The van der Waals surface area contributed by atoms with Crippen LogP contribution in [0.25, 0.3) is 0 Å². The van der Waals surface area contributed by atoms with Gasteiger partial charge >= 0.3 is 0 Å². The van der Waals surface area contributed by atoms with Crippen molar-refractivity contribution < 1.29 is 0 Å². The van der Waals surface area contributed by atoms with Crippen molar-refractivity contribution in [1.29, 1.82) is 0 Å². The van der Waals surface area contributed by atoms with Crippen LogP contribution in [0.15, 0.2) is 0 Å². The summed E-state index contributed by atoms with van der Waals surface area (Å²) in [4.78, 5) is 4.91. The molecule has 1 fully saturated rings. The lowest BCUT2D eigenvalue weighted by molar-refractivity contribution is 0.268. The Bertz CT molecular complexity index is 253. The fraction of sp³-hybridized carbons (Fsp3) is 0.929. The second-order valence-corrected chi connectivity index (χ2v) is 6.36. The largest absolute Gasteiger partial charge is 0.360 e. The summed E-state index contributed by atoms with van der Waals surface area (Å²) >= 11 is 5.45. The van der Waals surface area contributed by atoms with Gasteiger partial charge in [-0.05, 0) is 57.9 Å². The van der Waals surface area contributed by atoms with Gasteiger partial charge < -0.3 is 15.1 Å². The van der Waals surface area contributed by atoms with Gasteiger partial charge in [-0.15, -0.1) is 0 Å². The molecule has 106 valence electrons. The van der Waals surface area contributed by atoms with Gasteiger partial charge in [0.15, 0.2) is 5.11 Å². The van der Waals surface area contributed by atoms with E-state index < -0.39 is 0 Å². The molecule has 0 bridgehead atoms. The summed E-state index contributed by atoms with van der Waals surface area (Å²) in [5.74, 6) is 0.799. The SMILES string of the molecule is CC(C)CCN1CCCN(C(=S)NC(C)C)CC1. The predicted octanol–water partition coefficient (Wildman–Crippen LogP) is 2.32. The fourth-order valence-electron chi connectivity index (χ4n) is 2.18. The Balaban J connectivity index is 2.34. The molecule has 0 unspecified atom stereocenters. The van der Waals surface area contributed by atoms with E-state index in [1.807, 2.05) is 0 Å². The molecular formula is C14H29N3S. The summed E-state index contributed by atoms with van der Waals surface area (Å²) in [6.07, 6.45) is 2.52. The van der Waals surface area contributed by atoms with Crippen molar-refractivity contribution in [2.45, 2.75) is 46.6 Å². The number of nitrogens with zero attached hydrogens (tertiary/aromatic N) is 2. The van der Waals surface area contributed by atoms with Crippen molar-refractivity contribution in [3.8, 4) is 0 Å². The van der Waals surface area contributed by atoms with Crippen molar-refractivity contribution in [3.05, 3.63) is 0 Å². The van der Waals surface area contributed by atoms with Gasteiger partial charge in [-0.3, -0.25) is 0 Å². The number of hydrogen-bond donors (Lipinski definition) is 1. The van der Waals surface area contributed by atoms with Gasteiger partial charge in [0.2, 0.25) is 0 Å². The van der Waals surface area contributed by atoms with Gasteiger partial charge in [-0.1, -0.05) is 13.8 Å². The van der Waals surface area contributed by atoms with Gasteiger partial charge in [-0.25, -0.2) is 0 Å². The van der Waals surface area contributed by atoms with Crippen LogP contribution in [0.1, 0.15) is 40.5 Å². The second-order valence-electron chi connectivity index (χ2n) is 5.97. The smallest absolute Gasteiger partial charge is 0.169 e. The topological polar surface area (TPSA) is 18.5 Å². The maximum absolute atomic E-state index is 5.45. The summed E-state index contributed by atoms with van der Waals surface area (Å²) in [7, 11) is 0. The molecule has 0 aliphatic carbocycles. The van der Waals surface area contributed by atoms with E-state index >= 15 is 0 Å². The Morgan fingerprint density at radius 2 is 1.83 bits per heavy atom. The van der Waals surface area contributed by atoms with E-state index in [0.29, 0.717) is 6.04 Å². The first kappa shape index (κ1) is 15.7. The zero-order valence-corrected chi connectivity index (χ0v) is 13.2. The second kappa shape index (κ2) is 7.95. The van der Waals surface area contributed by atoms with E-state index in [0.717, 1.165) is 30.7 Å². The minimum absolute atomic E-state index is 0.429. The Kier molecular flexibility index (Phi) is 6.94.